The maximum atomic E-state index is 6.00. The molecule has 0 aliphatic carbocycles. The minimum atomic E-state index is 0.146. The van der Waals surface area contributed by atoms with Gasteiger partial charge in [0.05, 0.1) is 24.3 Å². The van der Waals surface area contributed by atoms with Crippen LogP contribution in [0.1, 0.15) is 5.82 Å². The van der Waals surface area contributed by atoms with Gasteiger partial charge in [-0.1, -0.05) is 11.6 Å². The summed E-state index contributed by atoms with van der Waals surface area (Å²) in [5, 5.41) is 0.596. The summed E-state index contributed by atoms with van der Waals surface area (Å²) in [7, 11) is 2.11. The van der Waals surface area contributed by atoms with Crippen LogP contribution in [0.2, 0.25) is 5.02 Å². The molecule has 0 amide bonds. The summed E-state index contributed by atoms with van der Waals surface area (Å²) in [5.41, 5.74) is 1.66. The van der Waals surface area contributed by atoms with Crippen molar-refractivity contribution in [3.8, 4) is 0 Å². The number of imidazole rings is 1. The second kappa shape index (κ2) is 6.48. The van der Waals surface area contributed by atoms with E-state index >= 15 is 0 Å². The number of hydrogen-bond donors (Lipinski definition) is 0. The molecule has 1 saturated heterocycles. The van der Waals surface area contributed by atoms with Crippen molar-refractivity contribution in [1.82, 2.24) is 19.4 Å². The van der Waals surface area contributed by atoms with Crippen LogP contribution in [-0.2, 0) is 17.7 Å². The van der Waals surface area contributed by atoms with Crippen LogP contribution in [0, 0.1) is 0 Å². The number of alkyl halides is 1. The Labute approximate surface area is 133 Å². The third-order valence-electron chi connectivity index (χ3n) is 3.68. The molecule has 1 unspecified atom stereocenters. The van der Waals surface area contributed by atoms with E-state index in [1.54, 1.807) is 6.20 Å². The number of fused-ring (bicyclic) bond motifs is 1. The van der Waals surface area contributed by atoms with E-state index in [9.17, 15) is 0 Å². The fraction of sp³-hybridized carbons (Fsp3) is 0.571. The zero-order valence-electron chi connectivity index (χ0n) is 11.9. The lowest BCUT2D eigenvalue weighted by Gasteiger charge is -2.30. The van der Waals surface area contributed by atoms with E-state index in [1.165, 1.54) is 0 Å². The highest BCUT2D eigenvalue weighted by molar-refractivity contribution is 6.31. The van der Waals surface area contributed by atoms with Gasteiger partial charge in [0.1, 0.15) is 11.3 Å². The molecule has 1 atom stereocenters. The van der Waals surface area contributed by atoms with Crippen molar-refractivity contribution in [3.05, 3.63) is 23.1 Å². The SMILES string of the molecule is CN1CCOC(Cn2c(CCCl)nc3cc(Cl)cnc32)C1. The molecule has 1 aliphatic rings. The van der Waals surface area contributed by atoms with Crippen LogP contribution in [0.3, 0.4) is 0 Å². The first kappa shape index (κ1) is 15.0. The van der Waals surface area contributed by atoms with Crippen LogP contribution in [0.4, 0.5) is 0 Å². The number of rotatable bonds is 4. The minimum absolute atomic E-state index is 0.146. The summed E-state index contributed by atoms with van der Waals surface area (Å²) in [6, 6.07) is 1.84. The van der Waals surface area contributed by atoms with Crippen molar-refractivity contribution >= 4 is 34.4 Å². The molecule has 0 radical (unpaired) electrons. The van der Waals surface area contributed by atoms with Gasteiger partial charge in [0.15, 0.2) is 5.65 Å². The lowest BCUT2D eigenvalue weighted by Crippen LogP contribution is -2.42. The number of morpholine rings is 1. The van der Waals surface area contributed by atoms with Gasteiger partial charge in [0.25, 0.3) is 0 Å². The first-order valence-corrected chi connectivity index (χ1v) is 7.95. The van der Waals surface area contributed by atoms with Crippen molar-refractivity contribution in [2.75, 3.05) is 32.6 Å². The number of ether oxygens (including phenoxy) is 1. The Balaban J connectivity index is 1.93. The number of nitrogens with zero attached hydrogens (tertiary/aromatic N) is 4. The molecular formula is C14H18Cl2N4O. The van der Waals surface area contributed by atoms with Crippen molar-refractivity contribution < 1.29 is 4.74 Å². The molecule has 114 valence electrons. The van der Waals surface area contributed by atoms with Gasteiger partial charge in [-0.05, 0) is 13.1 Å². The van der Waals surface area contributed by atoms with Crippen molar-refractivity contribution in [2.24, 2.45) is 0 Å². The van der Waals surface area contributed by atoms with E-state index in [0.29, 0.717) is 17.3 Å². The fourth-order valence-corrected chi connectivity index (χ4v) is 3.00. The predicted octanol–water partition coefficient (Wildman–Crippen LogP) is 2.20. The summed E-state index contributed by atoms with van der Waals surface area (Å²) in [6.07, 6.45) is 2.51. The summed E-state index contributed by atoms with van der Waals surface area (Å²) in [5.74, 6) is 1.47. The number of likely N-dealkylation sites (N-methyl/N-ethyl adjacent to an activating group) is 1. The van der Waals surface area contributed by atoms with Gasteiger partial charge in [-0.3, -0.25) is 0 Å². The second-order valence-electron chi connectivity index (χ2n) is 5.33. The van der Waals surface area contributed by atoms with E-state index in [4.69, 9.17) is 27.9 Å². The van der Waals surface area contributed by atoms with E-state index in [2.05, 4.69) is 26.5 Å². The molecule has 0 N–H and O–H groups in total. The molecule has 3 rings (SSSR count). The summed E-state index contributed by atoms with van der Waals surface area (Å²) >= 11 is 11.9. The highest BCUT2D eigenvalue weighted by Gasteiger charge is 2.21. The average Bonchev–Trinajstić information content (AvgIpc) is 2.76. The normalized spacial score (nSPS) is 20.2. The number of pyridine rings is 1. The van der Waals surface area contributed by atoms with E-state index in [1.807, 2.05) is 6.07 Å². The number of halogens is 2. The van der Waals surface area contributed by atoms with Gasteiger partial charge >= 0.3 is 0 Å². The van der Waals surface area contributed by atoms with Gasteiger partial charge in [0, 0.05) is 31.6 Å². The average molecular weight is 329 g/mol. The highest BCUT2D eigenvalue weighted by Crippen LogP contribution is 2.20. The van der Waals surface area contributed by atoms with Crippen LogP contribution in [-0.4, -0.2) is 58.2 Å². The van der Waals surface area contributed by atoms with Crippen LogP contribution in [0.15, 0.2) is 12.3 Å². The molecule has 1 fully saturated rings. The Morgan fingerprint density at radius 1 is 1.48 bits per heavy atom. The Bertz CT molecular complexity index is 631. The molecule has 3 heterocycles. The molecule has 5 nitrogen and oxygen atoms in total. The molecule has 21 heavy (non-hydrogen) atoms. The van der Waals surface area contributed by atoms with E-state index in [0.717, 1.165) is 43.2 Å². The van der Waals surface area contributed by atoms with Crippen LogP contribution >= 0.6 is 23.2 Å². The molecule has 2 aromatic heterocycles. The van der Waals surface area contributed by atoms with Gasteiger partial charge in [-0.2, -0.15) is 0 Å². The quantitative estimate of drug-likeness (QED) is 0.807. The molecule has 2 aromatic rings. The Kier molecular flexibility index (Phi) is 4.64. The second-order valence-corrected chi connectivity index (χ2v) is 6.14. The number of hydrogen-bond acceptors (Lipinski definition) is 4. The Morgan fingerprint density at radius 3 is 3.10 bits per heavy atom. The van der Waals surface area contributed by atoms with Crippen molar-refractivity contribution in [1.29, 1.82) is 0 Å². The maximum absolute atomic E-state index is 6.00. The molecule has 0 saturated carbocycles. The summed E-state index contributed by atoms with van der Waals surface area (Å²) in [6.45, 7) is 3.39. The molecule has 1 aliphatic heterocycles. The van der Waals surface area contributed by atoms with Gasteiger partial charge < -0.3 is 14.2 Å². The predicted molar refractivity (Wildman–Crippen MR) is 84.2 cm³/mol. The molecule has 0 bridgehead atoms. The van der Waals surface area contributed by atoms with Gasteiger partial charge in [-0.15, -0.1) is 11.6 Å². The first-order valence-electron chi connectivity index (χ1n) is 7.04. The Morgan fingerprint density at radius 2 is 2.33 bits per heavy atom. The largest absolute Gasteiger partial charge is 0.374 e. The van der Waals surface area contributed by atoms with Gasteiger partial charge in [0.2, 0.25) is 0 Å². The zero-order valence-corrected chi connectivity index (χ0v) is 13.4. The van der Waals surface area contributed by atoms with Crippen molar-refractivity contribution in [2.45, 2.75) is 19.1 Å². The van der Waals surface area contributed by atoms with Crippen LogP contribution < -0.4 is 0 Å². The first-order chi connectivity index (χ1) is 10.2. The fourth-order valence-electron chi connectivity index (χ4n) is 2.68. The third-order valence-corrected chi connectivity index (χ3v) is 4.07. The number of aryl methyl sites for hydroxylation is 1. The molecule has 7 heteroatoms. The van der Waals surface area contributed by atoms with Gasteiger partial charge in [-0.25, -0.2) is 9.97 Å². The smallest absolute Gasteiger partial charge is 0.160 e. The lowest BCUT2D eigenvalue weighted by atomic mass is 10.2. The molecular weight excluding hydrogens is 311 g/mol. The van der Waals surface area contributed by atoms with Crippen LogP contribution in [0.5, 0.6) is 0 Å². The van der Waals surface area contributed by atoms with E-state index in [-0.39, 0.29) is 6.10 Å². The third kappa shape index (κ3) is 3.31. The molecule has 0 spiro atoms. The van der Waals surface area contributed by atoms with E-state index < -0.39 is 0 Å². The number of aromatic nitrogens is 3. The maximum Gasteiger partial charge on any atom is 0.160 e. The summed E-state index contributed by atoms with van der Waals surface area (Å²) in [4.78, 5) is 11.3. The highest BCUT2D eigenvalue weighted by atomic mass is 35.5. The Hall–Kier alpha value is -0.880. The van der Waals surface area contributed by atoms with Crippen LogP contribution in [0.25, 0.3) is 11.2 Å². The zero-order chi connectivity index (χ0) is 14.8. The summed E-state index contributed by atoms with van der Waals surface area (Å²) < 4.78 is 7.96. The lowest BCUT2D eigenvalue weighted by molar-refractivity contribution is -0.0273. The topological polar surface area (TPSA) is 43.2 Å². The monoisotopic (exact) mass is 328 g/mol. The standard InChI is InChI=1S/C14H18Cl2N4O/c1-19-4-5-21-11(8-19)9-20-13(2-3-15)18-12-6-10(16)7-17-14(12)20/h6-7,11H,2-5,8-9H2,1H3. The molecule has 0 aromatic carbocycles. The minimum Gasteiger partial charge on any atom is -0.374 e. The van der Waals surface area contributed by atoms with Crippen molar-refractivity contribution in [3.63, 3.8) is 0 Å².